The summed E-state index contributed by atoms with van der Waals surface area (Å²) in [6.07, 6.45) is 4.18. The molecule has 1 saturated heterocycles. The number of nitrogens with one attached hydrogen (secondary N) is 1. The molecule has 0 unspecified atom stereocenters. The van der Waals surface area contributed by atoms with Gasteiger partial charge < -0.3 is 19.5 Å². The number of morpholine rings is 1. The normalized spacial score (nSPS) is 15.7. The van der Waals surface area contributed by atoms with Gasteiger partial charge in [0.25, 0.3) is 0 Å². The molecule has 18 heavy (non-hydrogen) atoms. The van der Waals surface area contributed by atoms with Crippen molar-refractivity contribution in [1.82, 2.24) is 14.5 Å². The number of imidazole rings is 1. The molecule has 1 aromatic rings. The van der Waals surface area contributed by atoms with E-state index >= 15 is 0 Å². The van der Waals surface area contributed by atoms with Gasteiger partial charge in [-0.05, 0) is 6.92 Å². The molecule has 100 valence electrons. The van der Waals surface area contributed by atoms with Crippen LogP contribution in [0.5, 0.6) is 0 Å². The third kappa shape index (κ3) is 3.22. The highest BCUT2D eigenvalue weighted by Crippen LogP contribution is 2.05. The first-order chi connectivity index (χ1) is 8.81. The molecule has 1 amide bonds. The van der Waals surface area contributed by atoms with Gasteiger partial charge in [-0.15, -0.1) is 0 Å². The zero-order valence-corrected chi connectivity index (χ0v) is 10.8. The Kier molecular flexibility index (Phi) is 4.58. The lowest BCUT2D eigenvalue weighted by Crippen LogP contribution is -2.41. The van der Waals surface area contributed by atoms with Crippen LogP contribution in [0.15, 0.2) is 12.4 Å². The van der Waals surface area contributed by atoms with Gasteiger partial charge in [-0.1, -0.05) is 0 Å². The van der Waals surface area contributed by atoms with Gasteiger partial charge >= 0.3 is 0 Å². The van der Waals surface area contributed by atoms with Crippen LogP contribution < -0.4 is 5.32 Å². The van der Waals surface area contributed by atoms with Crippen molar-refractivity contribution in [2.24, 2.45) is 0 Å². The highest BCUT2D eigenvalue weighted by molar-refractivity contribution is 5.76. The predicted molar refractivity (Wildman–Crippen MR) is 68.4 cm³/mol. The maximum absolute atomic E-state index is 11.9. The van der Waals surface area contributed by atoms with Gasteiger partial charge in [0.1, 0.15) is 0 Å². The fraction of sp³-hybridized carbons (Fsp3) is 0.667. The van der Waals surface area contributed by atoms with E-state index in [-0.39, 0.29) is 5.91 Å². The van der Waals surface area contributed by atoms with E-state index in [1.54, 1.807) is 6.20 Å². The summed E-state index contributed by atoms with van der Waals surface area (Å²) >= 11 is 0. The number of aromatic nitrogens is 2. The molecule has 0 atom stereocenters. The average Bonchev–Trinajstić information content (AvgIpc) is 2.87. The van der Waals surface area contributed by atoms with Crippen molar-refractivity contribution in [3.63, 3.8) is 0 Å². The largest absolute Gasteiger partial charge is 0.378 e. The monoisotopic (exact) mass is 252 g/mol. The molecule has 6 nitrogen and oxygen atoms in total. The number of carbonyl (C=O) groups excluding carboxylic acids is 1. The number of ether oxygens (including phenoxy) is 1. The number of hydrogen-bond acceptors (Lipinski definition) is 4. The summed E-state index contributed by atoms with van der Waals surface area (Å²) in [6.45, 7) is 6.28. The molecule has 1 fully saturated rings. The van der Waals surface area contributed by atoms with Crippen LogP contribution in [-0.4, -0.2) is 53.2 Å². The smallest absolute Gasteiger partial charge is 0.224 e. The van der Waals surface area contributed by atoms with Crippen molar-refractivity contribution < 1.29 is 9.53 Å². The number of hydrogen-bond donors (Lipinski definition) is 1. The first-order valence-corrected chi connectivity index (χ1v) is 6.41. The molecule has 0 aliphatic carbocycles. The van der Waals surface area contributed by atoms with Crippen LogP contribution in [0.3, 0.4) is 0 Å². The van der Waals surface area contributed by atoms with Gasteiger partial charge in [0, 0.05) is 45.0 Å². The molecule has 0 bridgehead atoms. The first-order valence-electron chi connectivity index (χ1n) is 6.41. The van der Waals surface area contributed by atoms with Crippen molar-refractivity contribution >= 4 is 11.9 Å². The predicted octanol–water partition coefficient (Wildman–Crippen LogP) is 0.564. The van der Waals surface area contributed by atoms with Crippen molar-refractivity contribution in [2.75, 3.05) is 38.2 Å². The zero-order valence-electron chi connectivity index (χ0n) is 10.8. The molecule has 2 rings (SSSR count). The standard InChI is InChI=1S/C12H20N4O2/c1-2-15-6-5-14-12(15)13-4-3-11(17)16-7-9-18-10-8-16/h5-6H,2-4,7-10H2,1H3,(H,13,14). The molecule has 0 spiro atoms. The number of anilines is 1. The number of aryl methyl sites for hydroxylation is 1. The molecule has 0 radical (unpaired) electrons. The molecule has 6 heteroatoms. The van der Waals surface area contributed by atoms with E-state index in [1.807, 2.05) is 15.7 Å². The SMILES string of the molecule is CCn1ccnc1NCCC(=O)N1CCOCC1. The Morgan fingerprint density at radius 2 is 2.28 bits per heavy atom. The summed E-state index contributed by atoms with van der Waals surface area (Å²) in [7, 11) is 0. The maximum Gasteiger partial charge on any atom is 0.224 e. The Morgan fingerprint density at radius 1 is 1.50 bits per heavy atom. The van der Waals surface area contributed by atoms with Gasteiger partial charge in [0.15, 0.2) is 0 Å². The van der Waals surface area contributed by atoms with Gasteiger partial charge in [-0.2, -0.15) is 0 Å². The molecule has 1 aliphatic rings. The average molecular weight is 252 g/mol. The van der Waals surface area contributed by atoms with Crippen LogP contribution in [0.2, 0.25) is 0 Å². The third-order valence-corrected chi connectivity index (χ3v) is 3.04. The summed E-state index contributed by atoms with van der Waals surface area (Å²) in [5.74, 6) is 1.01. The summed E-state index contributed by atoms with van der Waals surface area (Å²) in [4.78, 5) is 17.9. The van der Waals surface area contributed by atoms with E-state index in [0.717, 1.165) is 12.5 Å². The zero-order chi connectivity index (χ0) is 12.8. The minimum atomic E-state index is 0.181. The van der Waals surface area contributed by atoms with Crippen molar-refractivity contribution in [3.05, 3.63) is 12.4 Å². The molecule has 0 saturated carbocycles. The van der Waals surface area contributed by atoms with E-state index in [4.69, 9.17) is 4.74 Å². The van der Waals surface area contributed by atoms with Crippen molar-refractivity contribution in [2.45, 2.75) is 19.9 Å². The second-order valence-corrected chi connectivity index (χ2v) is 4.21. The molecular weight excluding hydrogens is 232 g/mol. The Hall–Kier alpha value is -1.56. The second-order valence-electron chi connectivity index (χ2n) is 4.21. The highest BCUT2D eigenvalue weighted by atomic mass is 16.5. The molecular formula is C12H20N4O2. The maximum atomic E-state index is 11.9. The van der Waals surface area contributed by atoms with Gasteiger partial charge in [-0.3, -0.25) is 4.79 Å². The van der Waals surface area contributed by atoms with Gasteiger partial charge in [-0.25, -0.2) is 4.98 Å². The quantitative estimate of drug-likeness (QED) is 0.832. The van der Waals surface area contributed by atoms with E-state index in [2.05, 4.69) is 17.2 Å². The lowest BCUT2D eigenvalue weighted by molar-refractivity contribution is -0.134. The Morgan fingerprint density at radius 3 is 3.00 bits per heavy atom. The van der Waals surface area contributed by atoms with E-state index in [9.17, 15) is 4.79 Å². The number of amides is 1. The lowest BCUT2D eigenvalue weighted by atomic mass is 10.3. The lowest BCUT2D eigenvalue weighted by Gasteiger charge is -2.26. The first kappa shape index (κ1) is 12.9. The van der Waals surface area contributed by atoms with Crippen LogP contribution in [0.4, 0.5) is 5.95 Å². The topological polar surface area (TPSA) is 59.4 Å². The molecule has 1 aliphatic heterocycles. The van der Waals surface area contributed by atoms with Crippen LogP contribution in [-0.2, 0) is 16.1 Å². The fourth-order valence-corrected chi connectivity index (χ4v) is 1.98. The van der Waals surface area contributed by atoms with E-state index in [0.29, 0.717) is 39.3 Å². The van der Waals surface area contributed by atoms with E-state index in [1.165, 1.54) is 0 Å². The summed E-state index contributed by atoms with van der Waals surface area (Å²) in [5, 5.41) is 3.19. The Bertz CT molecular complexity index is 385. The molecule has 1 N–H and O–H groups in total. The number of nitrogens with zero attached hydrogens (tertiary/aromatic N) is 3. The second kappa shape index (κ2) is 6.39. The molecule has 2 heterocycles. The molecule has 1 aromatic heterocycles. The van der Waals surface area contributed by atoms with Gasteiger partial charge in [0.05, 0.1) is 13.2 Å². The molecule has 0 aromatic carbocycles. The van der Waals surface area contributed by atoms with Crippen LogP contribution in [0.1, 0.15) is 13.3 Å². The van der Waals surface area contributed by atoms with Crippen LogP contribution in [0, 0.1) is 0 Å². The fourth-order valence-electron chi connectivity index (χ4n) is 1.98. The number of rotatable bonds is 5. The third-order valence-electron chi connectivity index (χ3n) is 3.04. The summed E-state index contributed by atoms with van der Waals surface area (Å²) < 4.78 is 7.23. The Balaban J connectivity index is 1.73. The van der Waals surface area contributed by atoms with E-state index < -0.39 is 0 Å². The number of carbonyl (C=O) groups is 1. The van der Waals surface area contributed by atoms with Crippen molar-refractivity contribution in [1.29, 1.82) is 0 Å². The Labute approximate surface area is 107 Å². The van der Waals surface area contributed by atoms with Crippen molar-refractivity contribution in [3.8, 4) is 0 Å². The summed E-state index contributed by atoms with van der Waals surface area (Å²) in [5.41, 5.74) is 0. The van der Waals surface area contributed by atoms with Crippen LogP contribution in [0.25, 0.3) is 0 Å². The minimum Gasteiger partial charge on any atom is -0.378 e. The van der Waals surface area contributed by atoms with Gasteiger partial charge in [0.2, 0.25) is 11.9 Å². The minimum absolute atomic E-state index is 0.181. The highest BCUT2D eigenvalue weighted by Gasteiger charge is 2.16. The van der Waals surface area contributed by atoms with Crippen LogP contribution >= 0.6 is 0 Å². The summed E-state index contributed by atoms with van der Waals surface area (Å²) in [6, 6.07) is 0.